The predicted octanol–water partition coefficient (Wildman–Crippen LogP) is 2.45. The van der Waals surface area contributed by atoms with E-state index in [4.69, 9.17) is 0 Å². The molecule has 1 amide bonds. The van der Waals surface area contributed by atoms with Crippen molar-refractivity contribution in [1.82, 2.24) is 15.0 Å². The van der Waals surface area contributed by atoms with Crippen molar-refractivity contribution in [2.75, 3.05) is 5.43 Å². The predicted molar refractivity (Wildman–Crippen MR) is 89.1 cm³/mol. The largest absolute Gasteiger partial charge is 0.277 e. The van der Waals surface area contributed by atoms with Gasteiger partial charge >= 0.3 is 0 Å². The lowest BCUT2D eigenvalue weighted by atomic mass is 10.2. The topological polar surface area (TPSA) is 76.0 Å². The number of rotatable bonds is 4. The smallest absolute Gasteiger partial charge is 0.269 e. The molecule has 0 saturated carbocycles. The van der Waals surface area contributed by atoms with Crippen LogP contribution in [-0.2, 0) is 6.54 Å². The molecule has 0 spiro atoms. The Hall–Kier alpha value is -3.29. The minimum atomic E-state index is -0.862. The SMILES string of the molecule is CCn1c(NNC(=O)c2cc(F)cc(F)c2)nc2ccccc2c1=O. The molecule has 2 N–H and O–H groups in total. The van der Waals surface area contributed by atoms with Gasteiger partial charge in [-0.3, -0.25) is 25.0 Å². The number of fused-ring (bicyclic) bond motifs is 1. The van der Waals surface area contributed by atoms with E-state index < -0.39 is 17.5 Å². The molecule has 8 heteroatoms. The number of carbonyl (C=O) groups excluding carboxylic acids is 1. The maximum Gasteiger partial charge on any atom is 0.269 e. The van der Waals surface area contributed by atoms with E-state index in [0.29, 0.717) is 23.5 Å². The highest BCUT2D eigenvalue weighted by atomic mass is 19.1. The van der Waals surface area contributed by atoms with Gasteiger partial charge in [0.1, 0.15) is 11.6 Å². The Morgan fingerprint density at radius 1 is 1.16 bits per heavy atom. The second-order valence-electron chi connectivity index (χ2n) is 5.24. The van der Waals surface area contributed by atoms with Crippen LogP contribution in [0.4, 0.5) is 14.7 Å². The molecule has 0 unspecified atom stereocenters. The molecule has 0 aliphatic rings. The molecule has 3 rings (SSSR count). The van der Waals surface area contributed by atoms with Gasteiger partial charge in [-0.2, -0.15) is 0 Å². The maximum atomic E-state index is 13.2. The molecule has 0 bridgehead atoms. The Morgan fingerprint density at radius 3 is 2.52 bits per heavy atom. The van der Waals surface area contributed by atoms with Crippen LogP contribution in [0.1, 0.15) is 17.3 Å². The van der Waals surface area contributed by atoms with Crippen LogP contribution in [0.5, 0.6) is 0 Å². The molecule has 0 fully saturated rings. The molecule has 0 aliphatic heterocycles. The number of hydrogen-bond donors (Lipinski definition) is 2. The molecule has 0 atom stereocenters. The summed E-state index contributed by atoms with van der Waals surface area (Å²) < 4.78 is 27.7. The highest BCUT2D eigenvalue weighted by Crippen LogP contribution is 2.11. The highest BCUT2D eigenvalue weighted by molar-refractivity contribution is 5.94. The zero-order valence-electron chi connectivity index (χ0n) is 13.2. The van der Waals surface area contributed by atoms with Gasteiger partial charge in [0.2, 0.25) is 5.95 Å². The number of amides is 1. The molecule has 6 nitrogen and oxygen atoms in total. The second-order valence-corrected chi connectivity index (χ2v) is 5.24. The molecule has 0 aliphatic carbocycles. The first kappa shape index (κ1) is 16.6. The van der Waals surface area contributed by atoms with Crippen molar-refractivity contribution in [1.29, 1.82) is 0 Å². The minimum Gasteiger partial charge on any atom is -0.277 e. The third-order valence-electron chi connectivity index (χ3n) is 3.59. The number of hydrazine groups is 1. The quantitative estimate of drug-likeness (QED) is 0.713. The lowest BCUT2D eigenvalue weighted by Crippen LogP contribution is -2.34. The Kier molecular flexibility index (Phi) is 4.42. The van der Waals surface area contributed by atoms with Gasteiger partial charge in [0.25, 0.3) is 11.5 Å². The van der Waals surface area contributed by atoms with Gasteiger partial charge in [-0.25, -0.2) is 13.8 Å². The molecule has 1 aromatic heterocycles. The van der Waals surface area contributed by atoms with Gasteiger partial charge in [-0.1, -0.05) is 12.1 Å². The number of nitrogens with zero attached hydrogens (tertiary/aromatic N) is 2. The van der Waals surface area contributed by atoms with Crippen molar-refractivity contribution in [2.24, 2.45) is 0 Å². The summed E-state index contributed by atoms with van der Waals surface area (Å²) in [5.41, 5.74) is 4.84. The lowest BCUT2D eigenvalue weighted by Gasteiger charge is -2.14. The van der Waals surface area contributed by atoms with Crippen LogP contribution in [0.2, 0.25) is 0 Å². The number of benzene rings is 2. The molecule has 3 aromatic rings. The Morgan fingerprint density at radius 2 is 1.84 bits per heavy atom. The van der Waals surface area contributed by atoms with Crippen molar-refractivity contribution in [2.45, 2.75) is 13.5 Å². The van der Waals surface area contributed by atoms with E-state index in [9.17, 15) is 18.4 Å². The second kappa shape index (κ2) is 6.68. The number of hydrogen-bond acceptors (Lipinski definition) is 4. The standard InChI is InChI=1S/C17H14F2N4O2/c1-2-23-16(25)13-5-3-4-6-14(13)20-17(23)22-21-15(24)10-7-11(18)9-12(19)8-10/h3-9H,2H2,1H3,(H,20,22)(H,21,24). The van der Waals surface area contributed by atoms with Crippen molar-refractivity contribution in [3.8, 4) is 0 Å². The summed E-state index contributed by atoms with van der Waals surface area (Å²) in [6.07, 6.45) is 0. The molecular formula is C17H14F2N4O2. The first-order valence-corrected chi connectivity index (χ1v) is 7.51. The van der Waals surface area contributed by atoms with Crippen LogP contribution in [0.15, 0.2) is 47.3 Å². The average molecular weight is 344 g/mol. The summed E-state index contributed by atoms with van der Waals surface area (Å²) in [4.78, 5) is 28.8. The van der Waals surface area contributed by atoms with Crippen molar-refractivity contribution < 1.29 is 13.6 Å². The zero-order chi connectivity index (χ0) is 18.0. The number of aromatic nitrogens is 2. The van der Waals surface area contributed by atoms with Gasteiger partial charge < -0.3 is 0 Å². The molecule has 25 heavy (non-hydrogen) atoms. The third kappa shape index (κ3) is 3.32. The van der Waals surface area contributed by atoms with E-state index in [1.165, 1.54) is 4.57 Å². The van der Waals surface area contributed by atoms with Gasteiger partial charge in [-0.15, -0.1) is 0 Å². The number of nitrogens with one attached hydrogen (secondary N) is 2. The monoisotopic (exact) mass is 344 g/mol. The van der Waals surface area contributed by atoms with Crippen molar-refractivity contribution in [3.05, 3.63) is 70.0 Å². The highest BCUT2D eigenvalue weighted by Gasteiger charge is 2.12. The molecule has 2 aromatic carbocycles. The summed E-state index contributed by atoms with van der Waals surface area (Å²) >= 11 is 0. The first-order chi connectivity index (χ1) is 12.0. The average Bonchev–Trinajstić information content (AvgIpc) is 2.59. The Bertz CT molecular complexity index is 997. The van der Waals surface area contributed by atoms with Gasteiger partial charge in [0.15, 0.2) is 0 Å². The van der Waals surface area contributed by atoms with Crippen molar-refractivity contribution in [3.63, 3.8) is 0 Å². The van der Waals surface area contributed by atoms with Gasteiger partial charge in [0, 0.05) is 18.2 Å². The van der Waals surface area contributed by atoms with Crippen molar-refractivity contribution >= 4 is 22.8 Å². The molecule has 128 valence electrons. The van der Waals surface area contributed by atoms with E-state index in [2.05, 4.69) is 15.8 Å². The fourth-order valence-electron chi connectivity index (χ4n) is 2.43. The summed E-state index contributed by atoms with van der Waals surface area (Å²) in [5.74, 6) is -2.36. The van der Waals surface area contributed by atoms with Gasteiger partial charge in [-0.05, 0) is 31.2 Å². The van der Waals surface area contributed by atoms with Gasteiger partial charge in [0.05, 0.1) is 10.9 Å². The fraction of sp³-hybridized carbons (Fsp3) is 0.118. The van der Waals surface area contributed by atoms with Crippen LogP contribution in [-0.4, -0.2) is 15.5 Å². The van der Waals surface area contributed by atoms with E-state index in [0.717, 1.165) is 12.1 Å². The van der Waals surface area contributed by atoms with Crippen LogP contribution < -0.4 is 16.4 Å². The number of anilines is 1. The minimum absolute atomic E-state index is 0.122. The lowest BCUT2D eigenvalue weighted by molar-refractivity contribution is 0.0961. The number of halogens is 2. The van der Waals surface area contributed by atoms with Crippen LogP contribution in [0, 0.1) is 11.6 Å². The zero-order valence-corrected chi connectivity index (χ0v) is 13.2. The molecule has 0 saturated heterocycles. The van der Waals surface area contributed by atoms with E-state index in [-0.39, 0.29) is 17.1 Å². The van der Waals surface area contributed by atoms with Crippen LogP contribution in [0.3, 0.4) is 0 Å². The summed E-state index contributed by atoms with van der Waals surface area (Å²) in [7, 11) is 0. The van der Waals surface area contributed by atoms with Crippen LogP contribution in [0.25, 0.3) is 10.9 Å². The summed E-state index contributed by atoms with van der Waals surface area (Å²) in [6, 6.07) is 9.29. The Balaban J connectivity index is 1.90. The summed E-state index contributed by atoms with van der Waals surface area (Å²) in [6.45, 7) is 2.08. The normalized spacial score (nSPS) is 10.7. The molecule has 0 radical (unpaired) electrons. The van der Waals surface area contributed by atoms with Crippen LogP contribution >= 0.6 is 0 Å². The fourth-order valence-corrected chi connectivity index (χ4v) is 2.43. The third-order valence-corrected chi connectivity index (χ3v) is 3.59. The van der Waals surface area contributed by atoms with E-state index >= 15 is 0 Å². The Labute approximate surface area is 141 Å². The maximum absolute atomic E-state index is 13.2. The van der Waals surface area contributed by atoms with E-state index in [1.807, 2.05) is 0 Å². The summed E-state index contributed by atoms with van der Waals surface area (Å²) in [5, 5.41) is 0.452. The van der Waals surface area contributed by atoms with E-state index in [1.54, 1.807) is 31.2 Å². The molecular weight excluding hydrogens is 330 g/mol. The number of para-hydroxylation sites is 1. The molecule has 1 heterocycles. The number of carbonyl (C=O) groups is 1. The first-order valence-electron chi connectivity index (χ1n) is 7.51.